The number of amides is 2. The number of halogens is 3. The van der Waals surface area contributed by atoms with Crippen molar-refractivity contribution in [2.24, 2.45) is 11.8 Å². The number of aryl methyl sites for hydroxylation is 1. The Kier molecular flexibility index (Phi) is 4.55. The number of nitrogens with one attached hydrogen (secondary N) is 1. The fraction of sp³-hybridized carbons (Fsp3) is 0.667. The van der Waals surface area contributed by atoms with Gasteiger partial charge in [-0.1, -0.05) is 19.3 Å². The Hall–Kier alpha value is -2.19. The number of nitrogens with zero attached hydrogens (tertiary/aromatic N) is 3. The highest BCUT2D eigenvalue weighted by Crippen LogP contribution is 2.39. The standard InChI is InChI=1S/C18H21F3N4O2/c19-18(20,21)14-12-8-2-1-3-9-13(12)22-17(23-14)24-25-15(26)10-6-4-5-7-11(10)16(25)27/h10-11H,1-9H2,(H,22,23,24)/t10-,11-/m1/s1. The second-order valence-electron chi connectivity index (χ2n) is 7.50. The second-order valence-corrected chi connectivity index (χ2v) is 7.50. The van der Waals surface area contributed by atoms with Crippen molar-refractivity contribution in [1.29, 1.82) is 0 Å². The van der Waals surface area contributed by atoms with E-state index >= 15 is 0 Å². The largest absolute Gasteiger partial charge is 0.433 e. The van der Waals surface area contributed by atoms with Gasteiger partial charge in [0.15, 0.2) is 5.69 Å². The molecule has 2 atom stereocenters. The quantitative estimate of drug-likeness (QED) is 0.628. The number of carbonyl (C=O) groups is 2. The number of hydrogen-bond acceptors (Lipinski definition) is 5. The van der Waals surface area contributed by atoms with Gasteiger partial charge in [-0.25, -0.2) is 9.97 Å². The van der Waals surface area contributed by atoms with E-state index in [1.54, 1.807) is 0 Å². The van der Waals surface area contributed by atoms with Crippen molar-refractivity contribution in [2.75, 3.05) is 5.43 Å². The highest BCUT2D eigenvalue weighted by Gasteiger charge is 2.49. The van der Waals surface area contributed by atoms with Gasteiger partial charge in [0.05, 0.1) is 11.8 Å². The van der Waals surface area contributed by atoms with Crippen LogP contribution in [-0.4, -0.2) is 26.8 Å². The van der Waals surface area contributed by atoms with Crippen LogP contribution in [0.5, 0.6) is 0 Å². The van der Waals surface area contributed by atoms with E-state index in [4.69, 9.17) is 0 Å². The first-order valence-electron chi connectivity index (χ1n) is 9.47. The van der Waals surface area contributed by atoms with Crippen LogP contribution in [0.1, 0.15) is 61.9 Å². The van der Waals surface area contributed by atoms with E-state index in [1.807, 2.05) is 0 Å². The Morgan fingerprint density at radius 3 is 2.15 bits per heavy atom. The van der Waals surface area contributed by atoms with Crippen molar-refractivity contribution in [3.05, 3.63) is 17.0 Å². The summed E-state index contributed by atoms with van der Waals surface area (Å²) in [5.74, 6) is -1.89. The fourth-order valence-corrected chi connectivity index (χ4v) is 4.43. The van der Waals surface area contributed by atoms with Crippen LogP contribution < -0.4 is 5.43 Å². The molecule has 1 aromatic rings. The first-order chi connectivity index (χ1) is 12.9. The first-order valence-corrected chi connectivity index (χ1v) is 9.47. The molecule has 0 spiro atoms. The number of aromatic nitrogens is 2. The van der Waals surface area contributed by atoms with Crippen LogP contribution in [0.25, 0.3) is 0 Å². The summed E-state index contributed by atoms with van der Waals surface area (Å²) in [5, 5.41) is 0.833. The molecule has 1 aromatic heterocycles. The molecule has 2 fully saturated rings. The number of carbonyl (C=O) groups excluding carboxylic acids is 2. The molecular weight excluding hydrogens is 361 g/mol. The predicted molar refractivity (Wildman–Crippen MR) is 89.2 cm³/mol. The van der Waals surface area contributed by atoms with Crippen LogP contribution in [0, 0.1) is 11.8 Å². The van der Waals surface area contributed by atoms with E-state index in [1.165, 1.54) is 0 Å². The Balaban J connectivity index is 1.67. The van der Waals surface area contributed by atoms with E-state index in [0.29, 0.717) is 31.4 Å². The lowest BCUT2D eigenvalue weighted by molar-refractivity contribution is -0.141. The third-order valence-corrected chi connectivity index (χ3v) is 5.75. The monoisotopic (exact) mass is 382 g/mol. The number of imide groups is 1. The third kappa shape index (κ3) is 3.27. The fourth-order valence-electron chi connectivity index (χ4n) is 4.43. The van der Waals surface area contributed by atoms with Crippen molar-refractivity contribution in [3.8, 4) is 0 Å². The lowest BCUT2D eigenvalue weighted by atomic mass is 9.81. The van der Waals surface area contributed by atoms with E-state index < -0.39 is 23.7 Å². The van der Waals surface area contributed by atoms with Crippen LogP contribution >= 0.6 is 0 Å². The minimum Gasteiger partial charge on any atom is -0.272 e. The number of hydrazine groups is 1. The summed E-state index contributed by atoms with van der Waals surface area (Å²) in [4.78, 5) is 33.0. The van der Waals surface area contributed by atoms with Gasteiger partial charge < -0.3 is 0 Å². The van der Waals surface area contributed by atoms with Crippen LogP contribution in [-0.2, 0) is 28.6 Å². The minimum absolute atomic E-state index is 0.137. The maximum atomic E-state index is 13.5. The predicted octanol–water partition coefficient (Wildman–Crippen LogP) is 3.27. The summed E-state index contributed by atoms with van der Waals surface area (Å²) in [5.41, 5.74) is 2.02. The summed E-state index contributed by atoms with van der Waals surface area (Å²) in [6, 6.07) is 0. The molecule has 1 aliphatic heterocycles. The van der Waals surface area contributed by atoms with Gasteiger partial charge in [0.1, 0.15) is 0 Å². The summed E-state index contributed by atoms with van der Waals surface area (Å²) in [7, 11) is 0. The van der Waals surface area contributed by atoms with Gasteiger partial charge >= 0.3 is 6.18 Å². The van der Waals surface area contributed by atoms with Crippen LogP contribution in [0.4, 0.5) is 19.1 Å². The minimum atomic E-state index is -4.61. The number of rotatable bonds is 2. The molecule has 1 saturated carbocycles. The Morgan fingerprint density at radius 2 is 1.52 bits per heavy atom. The number of alkyl halides is 3. The van der Waals surface area contributed by atoms with Gasteiger partial charge in [-0.3, -0.25) is 15.0 Å². The molecule has 9 heteroatoms. The highest BCUT2D eigenvalue weighted by molar-refractivity contribution is 6.06. The molecule has 4 rings (SSSR count). The number of hydrogen-bond donors (Lipinski definition) is 1. The molecule has 3 aliphatic rings. The van der Waals surface area contributed by atoms with Crippen LogP contribution in [0.2, 0.25) is 0 Å². The van der Waals surface area contributed by atoms with Crippen molar-refractivity contribution >= 4 is 17.8 Å². The van der Waals surface area contributed by atoms with Crippen molar-refractivity contribution in [2.45, 2.75) is 64.0 Å². The average molecular weight is 382 g/mol. The molecule has 2 aliphatic carbocycles. The van der Waals surface area contributed by atoms with Gasteiger partial charge in [0, 0.05) is 11.3 Å². The van der Waals surface area contributed by atoms with Crippen LogP contribution in [0.15, 0.2) is 0 Å². The van der Waals surface area contributed by atoms with Gasteiger partial charge in [-0.05, 0) is 38.5 Å². The smallest absolute Gasteiger partial charge is 0.272 e. The molecule has 2 heterocycles. The zero-order chi connectivity index (χ0) is 19.2. The van der Waals surface area contributed by atoms with Gasteiger partial charge in [-0.15, -0.1) is 0 Å². The molecule has 6 nitrogen and oxygen atoms in total. The summed E-state index contributed by atoms with van der Waals surface area (Å²) < 4.78 is 40.6. The van der Waals surface area contributed by atoms with Crippen LogP contribution in [0.3, 0.4) is 0 Å². The SMILES string of the molecule is O=C1[C@@H]2CCCC[C@H]2C(=O)N1Nc1nc2c(c(C(F)(F)F)n1)CCCCC2. The molecular formula is C18H21F3N4O2. The summed E-state index contributed by atoms with van der Waals surface area (Å²) in [6.07, 6.45) is 1.38. The van der Waals surface area contributed by atoms with Gasteiger partial charge in [0.2, 0.25) is 5.95 Å². The average Bonchev–Trinajstić information content (AvgIpc) is 2.81. The van der Waals surface area contributed by atoms with Crippen molar-refractivity contribution < 1.29 is 22.8 Å². The highest BCUT2D eigenvalue weighted by atomic mass is 19.4. The van der Waals surface area contributed by atoms with E-state index in [-0.39, 0.29) is 29.8 Å². The number of fused-ring (bicyclic) bond motifs is 2. The second kappa shape index (κ2) is 6.76. The van der Waals surface area contributed by atoms with Crippen molar-refractivity contribution in [1.82, 2.24) is 15.0 Å². The maximum absolute atomic E-state index is 13.5. The molecule has 0 radical (unpaired) electrons. The Bertz CT molecular complexity index is 757. The van der Waals surface area contributed by atoms with Gasteiger partial charge in [0.25, 0.3) is 11.8 Å². The Morgan fingerprint density at radius 1 is 0.889 bits per heavy atom. The molecule has 1 saturated heterocycles. The zero-order valence-electron chi connectivity index (χ0n) is 14.8. The van der Waals surface area contributed by atoms with E-state index in [9.17, 15) is 22.8 Å². The third-order valence-electron chi connectivity index (χ3n) is 5.75. The lowest BCUT2D eigenvalue weighted by Crippen LogP contribution is -2.37. The van der Waals surface area contributed by atoms with Crippen molar-refractivity contribution in [3.63, 3.8) is 0 Å². The molecule has 0 aromatic carbocycles. The van der Waals surface area contributed by atoms with Gasteiger partial charge in [-0.2, -0.15) is 18.2 Å². The molecule has 146 valence electrons. The molecule has 0 bridgehead atoms. The number of anilines is 1. The summed E-state index contributed by atoms with van der Waals surface area (Å²) in [6.45, 7) is 0. The molecule has 2 amide bonds. The maximum Gasteiger partial charge on any atom is 0.433 e. The molecule has 27 heavy (non-hydrogen) atoms. The van der Waals surface area contributed by atoms with E-state index in [2.05, 4.69) is 15.4 Å². The summed E-state index contributed by atoms with van der Waals surface area (Å²) >= 11 is 0. The lowest BCUT2D eigenvalue weighted by Gasteiger charge is -2.19. The first kappa shape index (κ1) is 18.2. The zero-order valence-corrected chi connectivity index (χ0v) is 14.8. The van der Waals surface area contributed by atoms with E-state index in [0.717, 1.165) is 30.7 Å². The molecule has 1 N–H and O–H groups in total. The normalized spacial score (nSPS) is 25.8. The molecule has 0 unspecified atom stereocenters. The Labute approximate surface area is 154 Å². The topological polar surface area (TPSA) is 75.2 Å².